The summed E-state index contributed by atoms with van der Waals surface area (Å²) in [6.07, 6.45) is 3.34. The molecular formula is C19H19N5O3. The Morgan fingerprint density at radius 2 is 1.96 bits per heavy atom. The number of nitrogens with zero attached hydrogens (tertiary/aromatic N) is 5. The van der Waals surface area contributed by atoms with E-state index in [1.807, 2.05) is 31.2 Å². The van der Waals surface area contributed by atoms with Crippen molar-refractivity contribution in [1.82, 2.24) is 20.0 Å². The van der Waals surface area contributed by atoms with E-state index in [4.69, 9.17) is 9.47 Å². The standard InChI is InChI=1S/C19H19N5O3/c1-4-24-21-10-17(22-24)23-11-14-7-12(5-6-15(14)19(23)25)13-8-16(26-2)18(27-3)20-9-13/h5-10H,4,11H2,1-3H3. The average molecular weight is 365 g/mol. The van der Waals surface area contributed by atoms with E-state index in [1.54, 1.807) is 36.3 Å². The maximum atomic E-state index is 12.7. The second kappa shape index (κ2) is 6.71. The van der Waals surface area contributed by atoms with Gasteiger partial charge in [0.15, 0.2) is 11.6 Å². The normalized spacial score (nSPS) is 13.0. The molecule has 1 aliphatic heterocycles. The largest absolute Gasteiger partial charge is 0.491 e. The van der Waals surface area contributed by atoms with Gasteiger partial charge in [-0.15, -0.1) is 5.10 Å². The van der Waals surface area contributed by atoms with Gasteiger partial charge in [0.25, 0.3) is 11.8 Å². The molecule has 0 aliphatic carbocycles. The first-order valence-corrected chi connectivity index (χ1v) is 8.58. The third-order valence-corrected chi connectivity index (χ3v) is 4.56. The lowest BCUT2D eigenvalue weighted by Crippen LogP contribution is -2.23. The summed E-state index contributed by atoms with van der Waals surface area (Å²) in [5.41, 5.74) is 3.46. The molecule has 3 heterocycles. The first-order valence-electron chi connectivity index (χ1n) is 8.58. The number of carbonyl (C=O) groups excluding carboxylic acids is 1. The maximum absolute atomic E-state index is 12.7. The molecule has 0 unspecified atom stereocenters. The Morgan fingerprint density at radius 1 is 1.11 bits per heavy atom. The summed E-state index contributed by atoms with van der Waals surface area (Å²) in [5.74, 6) is 1.49. The molecule has 0 atom stereocenters. The first kappa shape index (κ1) is 17.0. The smallest absolute Gasteiger partial charge is 0.260 e. The summed E-state index contributed by atoms with van der Waals surface area (Å²) in [6, 6.07) is 7.62. The van der Waals surface area contributed by atoms with Gasteiger partial charge in [-0.25, -0.2) is 4.98 Å². The fraction of sp³-hybridized carbons (Fsp3) is 0.263. The van der Waals surface area contributed by atoms with Gasteiger partial charge in [-0.2, -0.15) is 9.90 Å². The van der Waals surface area contributed by atoms with Crippen LogP contribution in [0.5, 0.6) is 11.6 Å². The van der Waals surface area contributed by atoms with Gasteiger partial charge < -0.3 is 9.47 Å². The molecule has 1 aromatic carbocycles. The van der Waals surface area contributed by atoms with Crippen molar-refractivity contribution in [1.29, 1.82) is 0 Å². The molecule has 2 aromatic heterocycles. The molecule has 138 valence electrons. The van der Waals surface area contributed by atoms with Gasteiger partial charge in [0.05, 0.1) is 33.5 Å². The monoisotopic (exact) mass is 365 g/mol. The van der Waals surface area contributed by atoms with Crippen molar-refractivity contribution in [2.75, 3.05) is 19.1 Å². The van der Waals surface area contributed by atoms with E-state index in [9.17, 15) is 4.79 Å². The van der Waals surface area contributed by atoms with Crippen molar-refractivity contribution >= 4 is 11.7 Å². The molecule has 0 spiro atoms. The fourth-order valence-corrected chi connectivity index (χ4v) is 3.14. The zero-order chi connectivity index (χ0) is 19.0. The summed E-state index contributed by atoms with van der Waals surface area (Å²) in [6.45, 7) is 3.07. The number of rotatable bonds is 5. The van der Waals surface area contributed by atoms with Gasteiger partial charge in [-0.05, 0) is 36.2 Å². The molecule has 0 saturated carbocycles. The molecule has 1 amide bonds. The van der Waals surface area contributed by atoms with Crippen LogP contribution in [0.4, 0.5) is 5.82 Å². The zero-order valence-electron chi connectivity index (χ0n) is 15.3. The van der Waals surface area contributed by atoms with E-state index in [1.165, 1.54) is 0 Å². The molecule has 8 nitrogen and oxygen atoms in total. The Labute approximate surface area is 156 Å². The number of anilines is 1. The Hall–Kier alpha value is -3.42. The van der Waals surface area contributed by atoms with Gasteiger partial charge in [-0.3, -0.25) is 9.69 Å². The minimum Gasteiger partial charge on any atom is -0.491 e. The first-order chi connectivity index (χ1) is 13.1. The van der Waals surface area contributed by atoms with Gasteiger partial charge in [0.1, 0.15) is 0 Å². The number of fused-ring (bicyclic) bond motifs is 1. The number of hydrogen-bond acceptors (Lipinski definition) is 6. The van der Waals surface area contributed by atoms with E-state index in [2.05, 4.69) is 15.2 Å². The number of aromatic nitrogens is 4. The molecule has 1 aliphatic rings. The SMILES string of the molecule is CCn1ncc(N2Cc3cc(-c4cnc(OC)c(OC)c4)ccc3C2=O)n1. The van der Waals surface area contributed by atoms with Crippen LogP contribution >= 0.6 is 0 Å². The summed E-state index contributed by atoms with van der Waals surface area (Å²) < 4.78 is 10.5. The number of ether oxygens (including phenoxy) is 2. The lowest BCUT2D eigenvalue weighted by molar-refractivity contribution is 0.0996. The highest BCUT2D eigenvalue weighted by atomic mass is 16.5. The van der Waals surface area contributed by atoms with Gasteiger partial charge in [0, 0.05) is 17.3 Å². The summed E-state index contributed by atoms with van der Waals surface area (Å²) in [7, 11) is 3.13. The molecule has 0 bridgehead atoms. The van der Waals surface area contributed by atoms with Gasteiger partial charge in [0.2, 0.25) is 0 Å². The van der Waals surface area contributed by atoms with Crippen molar-refractivity contribution in [2.45, 2.75) is 20.0 Å². The van der Waals surface area contributed by atoms with Gasteiger partial charge >= 0.3 is 0 Å². The minimum absolute atomic E-state index is 0.0647. The van der Waals surface area contributed by atoms with E-state index in [0.717, 1.165) is 16.7 Å². The molecule has 0 N–H and O–H groups in total. The lowest BCUT2D eigenvalue weighted by atomic mass is 10.0. The maximum Gasteiger partial charge on any atom is 0.260 e. The number of hydrogen-bond donors (Lipinski definition) is 0. The van der Waals surface area contributed by atoms with E-state index < -0.39 is 0 Å². The second-order valence-electron chi connectivity index (χ2n) is 6.09. The second-order valence-corrected chi connectivity index (χ2v) is 6.09. The van der Waals surface area contributed by atoms with Crippen molar-refractivity contribution < 1.29 is 14.3 Å². The predicted molar refractivity (Wildman–Crippen MR) is 99.0 cm³/mol. The Balaban J connectivity index is 1.66. The number of methoxy groups -OCH3 is 2. The number of amides is 1. The van der Waals surface area contributed by atoms with Crippen LogP contribution in [-0.4, -0.2) is 40.1 Å². The average Bonchev–Trinajstić information content (AvgIpc) is 3.31. The quantitative estimate of drug-likeness (QED) is 0.691. The topological polar surface area (TPSA) is 82.4 Å². The third kappa shape index (κ3) is 2.88. The van der Waals surface area contributed by atoms with E-state index >= 15 is 0 Å². The van der Waals surface area contributed by atoms with Gasteiger partial charge in [-0.1, -0.05) is 6.07 Å². The molecule has 4 rings (SSSR count). The molecule has 8 heteroatoms. The molecule has 0 radical (unpaired) electrons. The number of benzene rings is 1. The third-order valence-electron chi connectivity index (χ3n) is 4.56. The highest BCUT2D eigenvalue weighted by Gasteiger charge is 2.30. The van der Waals surface area contributed by atoms with Crippen LogP contribution in [0.15, 0.2) is 36.7 Å². The fourth-order valence-electron chi connectivity index (χ4n) is 3.14. The van der Waals surface area contributed by atoms with Crippen molar-refractivity contribution in [3.63, 3.8) is 0 Å². The number of aryl methyl sites for hydroxylation is 1. The molecule has 3 aromatic rings. The molecule has 0 fully saturated rings. The summed E-state index contributed by atoms with van der Waals surface area (Å²) in [5, 5.41) is 8.49. The lowest BCUT2D eigenvalue weighted by Gasteiger charge is -2.10. The van der Waals surface area contributed by atoms with Crippen LogP contribution in [0.3, 0.4) is 0 Å². The summed E-state index contributed by atoms with van der Waals surface area (Å²) in [4.78, 5) is 20.2. The molecule has 0 saturated heterocycles. The van der Waals surface area contributed by atoms with Crippen molar-refractivity contribution in [3.05, 3.63) is 47.8 Å². The Kier molecular flexibility index (Phi) is 4.23. The molecular weight excluding hydrogens is 346 g/mol. The zero-order valence-corrected chi connectivity index (χ0v) is 15.3. The minimum atomic E-state index is -0.0647. The predicted octanol–water partition coefficient (Wildman–Crippen LogP) is 2.54. The Morgan fingerprint density at radius 3 is 2.67 bits per heavy atom. The van der Waals surface area contributed by atoms with Crippen LogP contribution < -0.4 is 14.4 Å². The molecule has 27 heavy (non-hydrogen) atoms. The van der Waals surface area contributed by atoms with Crippen LogP contribution in [0, 0.1) is 0 Å². The van der Waals surface area contributed by atoms with Crippen molar-refractivity contribution in [3.8, 4) is 22.8 Å². The highest BCUT2D eigenvalue weighted by Crippen LogP contribution is 2.33. The van der Waals surface area contributed by atoms with Crippen LogP contribution in [0.1, 0.15) is 22.8 Å². The van der Waals surface area contributed by atoms with E-state index in [-0.39, 0.29) is 5.91 Å². The summed E-state index contributed by atoms with van der Waals surface area (Å²) >= 11 is 0. The Bertz CT molecular complexity index is 1010. The van der Waals surface area contributed by atoms with Crippen molar-refractivity contribution in [2.24, 2.45) is 0 Å². The van der Waals surface area contributed by atoms with Crippen LogP contribution in [-0.2, 0) is 13.1 Å². The van der Waals surface area contributed by atoms with E-state index in [0.29, 0.717) is 36.1 Å². The number of carbonyl (C=O) groups is 1. The highest BCUT2D eigenvalue weighted by molar-refractivity contribution is 6.09. The van der Waals surface area contributed by atoms with Crippen LogP contribution in [0.2, 0.25) is 0 Å². The number of pyridine rings is 1. The van der Waals surface area contributed by atoms with Crippen LogP contribution in [0.25, 0.3) is 11.1 Å².